The van der Waals surface area contributed by atoms with Crippen molar-refractivity contribution in [3.8, 4) is 0 Å². The molecule has 7 nitrogen and oxygen atoms in total. The van der Waals surface area contributed by atoms with Crippen molar-refractivity contribution in [1.29, 1.82) is 0 Å². The quantitative estimate of drug-likeness (QED) is 0.599. The third-order valence-corrected chi connectivity index (χ3v) is 5.89. The van der Waals surface area contributed by atoms with Gasteiger partial charge in [-0.05, 0) is 36.4 Å². The van der Waals surface area contributed by atoms with E-state index in [9.17, 15) is 14.4 Å². The first kappa shape index (κ1) is 20.2. The molecule has 1 aliphatic heterocycles. The predicted octanol–water partition coefficient (Wildman–Crippen LogP) is 2.09. The molecule has 0 bridgehead atoms. The van der Waals surface area contributed by atoms with Gasteiger partial charge in [0.1, 0.15) is 0 Å². The number of rotatable bonds is 4. The smallest absolute Gasteiger partial charge is 0.316 e. The highest BCUT2D eigenvalue weighted by Gasteiger charge is 2.21. The van der Waals surface area contributed by atoms with E-state index in [0.717, 1.165) is 18.8 Å². The number of fused-ring (bicyclic) bond motifs is 1. The summed E-state index contributed by atoms with van der Waals surface area (Å²) >= 11 is 5.95. The molecule has 1 amide bonds. The zero-order chi connectivity index (χ0) is 21.3. The Morgan fingerprint density at radius 2 is 1.53 bits per heavy atom. The van der Waals surface area contributed by atoms with Gasteiger partial charge in [-0.2, -0.15) is 0 Å². The molecular formula is C22H23ClN4O3. The largest absolute Gasteiger partial charge is 0.368 e. The van der Waals surface area contributed by atoms with Gasteiger partial charge in [0.2, 0.25) is 5.91 Å². The number of aryl methyl sites for hydroxylation is 2. The molecule has 156 valence electrons. The molecule has 1 fully saturated rings. The Kier molecular flexibility index (Phi) is 5.63. The fraction of sp³-hybridized carbons (Fsp3) is 0.318. The molecule has 0 unspecified atom stereocenters. The van der Waals surface area contributed by atoms with Crippen LogP contribution in [0.1, 0.15) is 6.42 Å². The summed E-state index contributed by atoms with van der Waals surface area (Å²) in [5, 5.41) is 0.700. The van der Waals surface area contributed by atoms with Crippen molar-refractivity contribution in [3.63, 3.8) is 0 Å². The number of benzene rings is 2. The summed E-state index contributed by atoms with van der Waals surface area (Å²) in [6, 6.07) is 14.9. The fourth-order valence-corrected chi connectivity index (χ4v) is 4.03. The van der Waals surface area contributed by atoms with Gasteiger partial charge in [0, 0.05) is 56.9 Å². The number of piperazine rings is 1. The van der Waals surface area contributed by atoms with Crippen LogP contribution in [0.25, 0.3) is 11.0 Å². The molecule has 1 aliphatic rings. The van der Waals surface area contributed by atoms with E-state index < -0.39 is 11.1 Å². The zero-order valence-corrected chi connectivity index (χ0v) is 17.5. The lowest BCUT2D eigenvalue weighted by atomic mass is 10.2. The number of anilines is 1. The highest BCUT2D eigenvalue weighted by atomic mass is 35.5. The van der Waals surface area contributed by atoms with Gasteiger partial charge < -0.3 is 18.9 Å². The van der Waals surface area contributed by atoms with Gasteiger partial charge in [-0.25, -0.2) is 0 Å². The van der Waals surface area contributed by atoms with Gasteiger partial charge in [-0.3, -0.25) is 14.4 Å². The van der Waals surface area contributed by atoms with E-state index >= 15 is 0 Å². The third kappa shape index (κ3) is 3.85. The maximum absolute atomic E-state index is 12.7. The molecule has 1 saturated heterocycles. The molecule has 0 spiro atoms. The molecule has 0 aliphatic carbocycles. The van der Waals surface area contributed by atoms with E-state index in [1.807, 2.05) is 41.3 Å². The Morgan fingerprint density at radius 1 is 0.900 bits per heavy atom. The normalized spacial score (nSPS) is 14.3. The summed E-state index contributed by atoms with van der Waals surface area (Å²) in [4.78, 5) is 41.6. The number of para-hydroxylation sites is 2. The minimum absolute atomic E-state index is 0.0117. The predicted molar refractivity (Wildman–Crippen MR) is 118 cm³/mol. The summed E-state index contributed by atoms with van der Waals surface area (Å²) in [5.74, 6) is -0.0117. The molecule has 2 heterocycles. The molecule has 0 radical (unpaired) electrons. The van der Waals surface area contributed by atoms with Gasteiger partial charge in [-0.1, -0.05) is 23.7 Å². The van der Waals surface area contributed by atoms with Crippen LogP contribution in [0.15, 0.2) is 58.1 Å². The van der Waals surface area contributed by atoms with Crippen molar-refractivity contribution in [2.24, 2.45) is 7.05 Å². The first-order valence-electron chi connectivity index (χ1n) is 9.92. The number of aromatic nitrogens is 2. The first-order valence-corrected chi connectivity index (χ1v) is 10.3. The van der Waals surface area contributed by atoms with Crippen LogP contribution in [0.2, 0.25) is 5.02 Å². The summed E-state index contributed by atoms with van der Waals surface area (Å²) < 4.78 is 2.77. The molecule has 3 aromatic rings. The number of amides is 1. The van der Waals surface area contributed by atoms with E-state index in [4.69, 9.17) is 11.6 Å². The lowest BCUT2D eigenvalue weighted by Gasteiger charge is -2.36. The average Bonchev–Trinajstić information content (AvgIpc) is 2.78. The zero-order valence-electron chi connectivity index (χ0n) is 16.8. The van der Waals surface area contributed by atoms with E-state index in [1.54, 1.807) is 19.2 Å². The molecular weight excluding hydrogens is 404 g/mol. The van der Waals surface area contributed by atoms with Crippen molar-refractivity contribution < 1.29 is 4.79 Å². The van der Waals surface area contributed by atoms with Crippen LogP contribution >= 0.6 is 11.6 Å². The monoisotopic (exact) mass is 426 g/mol. The third-order valence-electron chi connectivity index (χ3n) is 5.64. The van der Waals surface area contributed by atoms with Crippen LogP contribution in [0.4, 0.5) is 5.69 Å². The van der Waals surface area contributed by atoms with Crippen molar-refractivity contribution in [2.45, 2.75) is 13.0 Å². The molecule has 0 saturated carbocycles. The van der Waals surface area contributed by atoms with Gasteiger partial charge in [-0.15, -0.1) is 0 Å². The van der Waals surface area contributed by atoms with Crippen molar-refractivity contribution >= 4 is 34.2 Å². The Labute approximate surface area is 178 Å². The van der Waals surface area contributed by atoms with Crippen LogP contribution < -0.4 is 16.0 Å². The number of carbonyl (C=O) groups is 1. The van der Waals surface area contributed by atoms with Crippen LogP contribution in [-0.2, 0) is 18.4 Å². The van der Waals surface area contributed by atoms with E-state index in [1.165, 1.54) is 9.13 Å². The number of hydrogen-bond acceptors (Lipinski definition) is 4. The second-order valence-corrected chi connectivity index (χ2v) is 7.84. The lowest BCUT2D eigenvalue weighted by Crippen LogP contribution is -2.49. The van der Waals surface area contributed by atoms with Gasteiger partial charge in [0.05, 0.1) is 11.0 Å². The minimum atomic E-state index is -0.600. The average molecular weight is 427 g/mol. The first-order chi connectivity index (χ1) is 14.5. The Bertz CT molecular complexity index is 1190. The number of hydrogen-bond donors (Lipinski definition) is 0. The molecule has 8 heteroatoms. The Balaban J connectivity index is 1.43. The lowest BCUT2D eigenvalue weighted by molar-refractivity contribution is -0.131. The van der Waals surface area contributed by atoms with Crippen molar-refractivity contribution in [3.05, 3.63) is 74.3 Å². The number of carbonyl (C=O) groups excluding carboxylic acids is 1. The minimum Gasteiger partial charge on any atom is -0.368 e. The summed E-state index contributed by atoms with van der Waals surface area (Å²) in [6.45, 7) is 2.90. The van der Waals surface area contributed by atoms with Crippen molar-refractivity contribution in [1.82, 2.24) is 14.0 Å². The summed E-state index contributed by atoms with van der Waals surface area (Å²) in [5.41, 5.74) is 1.23. The number of halogens is 1. The molecule has 0 atom stereocenters. The van der Waals surface area contributed by atoms with Gasteiger partial charge in [0.25, 0.3) is 0 Å². The van der Waals surface area contributed by atoms with Gasteiger partial charge in [0.15, 0.2) is 0 Å². The highest BCUT2D eigenvalue weighted by Crippen LogP contribution is 2.19. The maximum atomic E-state index is 12.7. The van der Waals surface area contributed by atoms with Crippen LogP contribution in [0.5, 0.6) is 0 Å². The van der Waals surface area contributed by atoms with Crippen molar-refractivity contribution in [2.75, 3.05) is 31.1 Å². The topological polar surface area (TPSA) is 67.5 Å². The SMILES string of the molecule is Cn1c(=O)c(=O)n(CCC(=O)N2CCN(c3ccc(Cl)cc3)CC2)c2ccccc21. The standard InChI is InChI=1S/C22H23ClN4O3/c1-24-18-4-2-3-5-19(18)27(22(30)21(24)29)11-10-20(28)26-14-12-25(13-15-26)17-8-6-16(23)7-9-17/h2-9H,10-15H2,1H3. The molecule has 2 aromatic carbocycles. The molecule has 4 rings (SSSR count). The van der Waals surface area contributed by atoms with Crippen LogP contribution in [0.3, 0.4) is 0 Å². The Morgan fingerprint density at radius 3 is 2.20 bits per heavy atom. The highest BCUT2D eigenvalue weighted by molar-refractivity contribution is 6.30. The Hall–Kier alpha value is -3.06. The summed E-state index contributed by atoms with van der Waals surface area (Å²) in [7, 11) is 1.59. The fourth-order valence-electron chi connectivity index (χ4n) is 3.91. The number of nitrogens with zero attached hydrogens (tertiary/aromatic N) is 4. The van der Waals surface area contributed by atoms with E-state index in [-0.39, 0.29) is 18.9 Å². The molecule has 0 N–H and O–H groups in total. The second-order valence-electron chi connectivity index (χ2n) is 7.40. The maximum Gasteiger partial charge on any atom is 0.316 e. The van der Waals surface area contributed by atoms with Gasteiger partial charge >= 0.3 is 11.1 Å². The van der Waals surface area contributed by atoms with E-state index in [2.05, 4.69) is 4.90 Å². The summed E-state index contributed by atoms with van der Waals surface area (Å²) in [6.07, 6.45) is 0.179. The molecule has 30 heavy (non-hydrogen) atoms. The van der Waals surface area contributed by atoms with Crippen LogP contribution in [0, 0.1) is 0 Å². The molecule has 1 aromatic heterocycles. The second kappa shape index (κ2) is 8.36. The van der Waals surface area contributed by atoms with Crippen LogP contribution in [-0.4, -0.2) is 46.1 Å². The van der Waals surface area contributed by atoms with E-state index in [0.29, 0.717) is 29.1 Å².